The highest BCUT2D eigenvalue weighted by Gasteiger charge is 2.47. The monoisotopic (exact) mass is 500 g/mol. The zero-order valence-corrected chi connectivity index (χ0v) is 17.4. The number of aryl methyl sites for hydroxylation is 1. The number of ether oxygens (including phenoxy) is 1. The van der Waals surface area contributed by atoms with Crippen molar-refractivity contribution in [2.45, 2.75) is 31.5 Å². The first-order valence-electron chi connectivity index (χ1n) is 7.59. The van der Waals surface area contributed by atoms with E-state index in [9.17, 15) is 37.7 Å². The largest absolute Gasteiger partial charge is 0.490 e. The molecule has 6 N–H and O–H groups in total. The normalized spacial score (nSPS) is 28.8. The minimum atomic E-state index is -5.76. The van der Waals surface area contributed by atoms with Crippen LogP contribution in [0.5, 0.6) is 0 Å². The Hall–Kier alpha value is -1.06. The first-order valence-corrected chi connectivity index (χ1v) is 12.1. The van der Waals surface area contributed by atoms with Crippen LogP contribution >= 0.6 is 23.5 Å². The van der Waals surface area contributed by atoms with Gasteiger partial charge in [-0.05, 0) is 6.92 Å². The molecule has 172 valence electrons. The number of alkyl halides is 1. The van der Waals surface area contributed by atoms with Crippen molar-refractivity contribution in [3.63, 3.8) is 0 Å². The predicted molar refractivity (Wildman–Crippen MR) is 90.7 cm³/mol. The van der Waals surface area contributed by atoms with E-state index in [1.54, 1.807) is 0 Å². The van der Waals surface area contributed by atoms with E-state index in [0.717, 1.165) is 6.20 Å². The fourth-order valence-electron chi connectivity index (χ4n) is 2.31. The van der Waals surface area contributed by atoms with E-state index in [4.69, 9.17) is 19.4 Å². The molecule has 0 aliphatic carbocycles. The molecule has 30 heavy (non-hydrogen) atoms. The Morgan fingerprint density at radius 3 is 2.33 bits per heavy atom. The number of nitrogens with one attached hydrogen (secondary N) is 1. The van der Waals surface area contributed by atoms with Gasteiger partial charge in [-0.25, -0.2) is 22.9 Å². The average Bonchev–Trinajstić information content (AvgIpc) is 2.81. The minimum Gasteiger partial charge on any atom is -0.387 e. The van der Waals surface area contributed by atoms with Crippen LogP contribution in [-0.4, -0.2) is 59.2 Å². The molecule has 2 heterocycles. The number of nitrogens with zero attached hydrogens (tertiary/aromatic N) is 1. The molecule has 2 rings (SSSR count). The summed E-state index contributed by atoms with van der Waals surface area (Å²) < 4.78 is 64.8. The number of phosphoric acid groups is 3. The number of hydrogen-bond acceptors (Lipinski definition) is 10. The number of aliphatic hydroxyl groups excluding tert-OH is 1. The Kier molecular flexibility index (Phi) is 7.41. The van der Waals surface area contributed by atoms with E-state index in [2.05, 4.69) is 13.1 Å². The summed E-state index contributed by atoms with van der Waals surface area (Å²) in [5.41, 5.74) is -1.80. The van der Waals surface area contributed by atoms with E-state index < -0.39 is 65.9 Å². The lowest BCUT2D eigenvalue weighted by atomic mass is 10.1. The van der Waals surface area contributed by atoms with Gasteiger partial charge in [-0.15, -0.1) is 0 Å². The third-order valence-corrected chi connectivity index (χ3v) is 7.33. The Morgan fingerprint density at radius 1 is 1.17 bits per heavy atom. The number of aromatic nitrogens is 2. The summed E-state index contributed by atoms with van der Waals surface area (Å²) in [5.74, 6) is 0. The van der Waals surface area contributed by atoms with Crippen LogP contribution in [0.3, 0.4) is 0 Å². The summed E-state index contributed by atoms with van der Waals surface area (Å²) in [6.45, 7) is 0.180. The van der Waals surface area contributed by atoms with Crippen molar-refractivity contribution in [2.24, 2.45) is 0 Å². The first-order chi connectivity index (χ1) is 13.5. The molecule has 0 saturated carbocycles. The van der Waals surface area contributed by atoms with Gasteiger partial charge in [0.25, 0.3) is 5.56 Å². The van der Waals surface area contributed by atoms with Gasteiger partial charge in [-0.3, -0.25) is 18.9 Å². The van der Waals surface area contributed by atoms with Gasteiger partial charge in [0, 0.05) is 11.8 Å². The number of aromatic amines is 1. The van der Waals surface area contributed by atoms with Gasteiger partial charge < -0.3 is 29.4 Å². The highest BCUT2D eigenvalue weighted by atomic mass is 31.3. The molecular formula is C10H16FN2O14P3. The summed E-state index contributed by atoms with van der Waals surface area (Å²) in [5, 5.41) is 9.87. The Labute approximate surface area is 165 Å². The van der Waals surface area contributed by atoms with E-state index >= 15 is 0 Å². The van der Waals surface area contributed by atoms with Gasteiger partial charge in [0.15, 0.2) is 12.4 Å². The zero-order valence-electron chi connectivity index (χ0n) is 14.7. The molecule has 0 amide bonds. The van der Waals surface area contributed by atoms with Gasteiger partial charge in [-0.1, -0.05) is 0 Å². The molecule has 0 spiro atoms. The van der Waals surface area contributed by atoms with Crippen LogP contribution in [0.1, 0.15) is 11.8 Å². The fraction of sp³-hybridized carbons (Fsp3) is 0.600. The zero-order chi connectivity index (χ0) is 23.1. The maximum atomic E-state index is 14.4. The lowest BCUT2D eigenvalue weighted by Crippen LogP contribution is -2.36. The third-order valence-electron chi connectivity index (χ3n) is 3.53. The van der Waals surface area contributed by atoms with Crippen LogP contribution in [-0.2, 0) is 31.6 Å². The molecule has 2 unspecified atom stereocenters. The van der Waals surface area contributed by atoms with Crippen molar-refractivity contribution in [3.05, 3.63) is 32.6 Å². The van der Waals surface area contributed by atoms with Gasteiger partial charge in [0.2, 0.25) is 0 Å². The van der Waals surface area contributed by atoms with Crippen LogP contribution < -0.4 is 11.2 Å². The Bertz CT molecular complexity index is 1050. The highest BCUT2D eigenvalue weighted by molar-refractivity contribution is 7.66. The molecule has 16 nitrogen and oxygen atoms in total. The summed E-state index contributed by atoms with van der Waals surface area (Å²) in [6, 6.07) is 0. The molecule has 20 heteroatoms. The van der Waals surface area contributed by atoms with Crippen molar-refractivity contribution in [1.82, 2.24) is 9.55 Å². The smallest absolute Gasteiger partial charge is 0.387 e. The van der Waals surface area contributed by atoms with Crippen LogP contribution in [0, 0.1) is 6.92 Å². The van der Waals surface area contributed by atoms with Gasteiger partial charge in [-0.2, -0.15) is 8.62 Å². The minimum absolute atomic E-state index is 0.0107. The molecule has 6 atom stereocenters. The Morgan fingerprint density at radius 2 is 1.77 bits per heavy atom. The van der Waals surface area contributed by atoms with E-state index in [0.29, 0.717) is 4.57 Å². The van der Waals surface area contributed by atoms with Crippen LogP contribution in [0.15, 0.2) is 15.8 Å². The molecule has 1 saturated heterocycles. The SMILES string of the molecule is Cc1cn([C@H]2O[C@@H](COP(=O)(O)OP(=O)(O)OP(=O)(O)O)[C@H](O)[C@H]2F)c(=O)[nH]c1=O. The van der Waals surface area contributed by atoms with Gasteiger partial charge in [0.05, 0.1) is 6.61 Å². The van der Waals surface area contributed by atoms with Crippen molar-refractivity contribution in [2.75, 3.05) is 6.61 Å². The second kappa shape index (κ2) is 8.82. The van der Waals surface area contributed by atoms with E-state index in [-0.39, 0.29) is 5.56 Å². The third kappa shape index (κ3) is 6.47. The van der Waals surface area contributed by atoms with Crippen molar-refractivity contribution >= 4 is 23.5 Å². The number of phosphoric ester groups is 1. The van der Waals surface area contributed by atoms with Crippen LogP contribution in [0.2, 0.25) is 0 Å². The molecule has 1 aromatic heterocycles. The lowest BCUT2D eigenvalue weighted by molar-refractivity contribution is -0.0483. The topological polar surface area (TPSA) is 244 Å². The average molecular weight is 500 g/mol. The summed E-state index contributed by atoms with van der Waals surface area (Å²) in [4.78, 5) is 60.4. The molecule has 0 bridgehead atoms. The van der Waals surface area contributed by atoms with Crippen molar-refractivity contribution in [1.29, 1.82) is 0 Å². The van der Waals surface area contributed by atoms with Gasteiger partial charge >= 0.3 is 29.2 Å². The number of aliphatic hydroxyl groups is 1. The van der Waals surface area contributed by atoms with E-state index in [1.165, 1.54) is 6.92 Å². The van der Waals surface area contributed by atoms with E-state index in [1.807, 2.05) is 4.98 Å². The summed E-state index contributed by atoms with van der Waals surface area (Å²) in [7, 11) is -16.9. The summed E-state index contributed by atoms with van der Waals surface area (Å²) in [6.07, 6.45) is -6.79. The van der Waals surface area contributed by atoms with Crippen LogP contribution in [0.25, 0.3) is 0 Å². The molecule has 1 aromatic rings. The molecule has 0 aromatic carbocycles. The standard InChI is InChI=1S/C10H16FN2O14P3/c1-4-2-13(10(16)12-8(4)15)9-6(11)7(14)5(25-9)3-24-29(20,21)27-30(22,23)26-28(17,18)19/h2,5-7,9,14H,3H2,1H3,(H,20,21)(H,22,23)(H,12,15,16)(H2,17,18,19)/t5-,6+,7-,9-/m0/s1. The van der Waals surface area contributed by atoms with Gasteiger partial charge in [0.1, 0.15) is 12.2 Å². The highest BCUT2D eigenvalue weighted by Crippen LogP contribution is 2.66. The summed E-state index contributed by atoms with van der Waals surface area (Å²) >= 11 is 0. The first kappa shape index (κ1) is 25.2. The molecular weight excluding hydrogens is 484 g/mol. The second-order valence-electron chi connectivity index (χ2n) is 5.87. The second-order valence-corrected chi connectivity index (χ2v) is 10.3. The molecule has 1 fully saturated rings. The number of H-pyrrole nitrogens is 1. The quantitative estimate of drug-likeness (QED) is 0.229. The predicted octanol–water partition coefficient (Wildman–Crippen LogP) is -1.22. The fourth-order valence-corrected chi connectivity index (χ4v) is 5.34. The maximum Gasteiger partial charge on any atom is 0.490 e. The molecule has 1 aliphatic heterocycles. The molecule has 1 aliphatic rings. The van der Waals surface area contributed by atoms with Crippen molar-refractivity contribution in [3.8, 4) is 0 Å². The lowest BCUT2D eigenvalue weighted by Gasteiger charge is -2.19. The molecule has 0 radical (unpaired) electrons. The van der Waals surface area contributed by atoms with Crippen LogP contribution in [0.4, 0.5) is 4.39 Å². The van der Waals surface area contributed by atoms with Crippen molar-refractivity contribution < 1.29 is 60.6 Å². The number of rotatable bonds is 8. The maximum absolute atomic E-state index is 14.4. The number of halogens is 1. The Balaban J connectivity index is 2.09. The number of hydrogen-bond donors (Lipinski definition) is 6.